The quantitative estimate of drug-likeness (QED) is 0.601. The third-order valence-electron chi connectivity index (χ3n) is 1.16. The highest BCUT2D eigenvalue weighted by molar-refractivity contribution is 7.27. The molecule has 0 aliphatic rings. The SMILES string of the molecule is CCCC(N)(P=O)C(=O)O. The first-order valence-corrected chi connectivity index (χ1v) is 3.75. The van der Waals surface area contributed by atoms with Gasteiger partial charge in [-0.3, -0.25) is 4.57 Å². The first kappa shape index (κ1) is 9.53. The van der Waals surface area contributed by atoms with Crippen LogP contribution in [-0.2, 0) is 9.36 Å². The van der Waals surface area contributed by atoms with Gasteiger partial charge in [0.25, 0.3) is 0 Å². The van der Waals surface area contributed by atoms with Crippen LogP contribution in [0.1, 0.15) is 19.8 Å². The summed E-state index contributed by atoms with van der Waals surface area (Å²) in [6.45, 7) is 1.79. The van der Waals surface area contributed by atoms with Crippen molar-refractivity contribution in [3.63, 3.8) is 0 Å². The number of rotatable bonds is 4. The molecule has 0 aliphatic carbocycles. The Bertz CT molecular complexity index is 150. The van der Waals surface area contributed by atoms with Gasteiger partial charge in [0.1, 0.15) is 0 Å². The Hall–Kier alpha value is -0.470. The van der Waals surface area contributed by atoms with Gasteiger partial charge < -0.3 is 10.8 Å². The molecule has 0 bridgehead atoms. The molecule has 0 saturated heterocycles. The second-order valence-corrected chi connectivity index (χ2v) is 3.05. The summed E-state index contributed by atoms with van der Waals surface area (Å²) in [7, 11) is -0.525. The van der Waals surface area contributed by atoms with Crippen LogP contribution in [0.25, 0.3) is 0 Å². The average Bonchev–Trinajstić information content (AvgIpc) is 1.88. The maximum absolute atomic E-state index is 10.3. The van der Waals surface area contributed by atoms with Crippen molar-refractivity contribution < 1.29 is 14.5 Å². The van der Waals surface area contributed by atoms with Crippen molar-refractivity contribution >= 4 is 14.4 Å². The van der Waals surface area contributed by atoms with E-state index in [-0.39, 0.29) is 6.42 Å². The topological polar surface area (TPSA) is 80.4 Å². The predicted octanol–water partition coefficient (Wildman–Crippen LogP) is 0.818. The molecular weight excluding hydrogens is 153 g/mol. The van der Waals surface area contributed by atoms with Gasteiger partial charge in [0.15, 0.2) is 13.7 Å². The molecular formula is C5H10NO3P. The van der Waals surface area contributed by atoms with Gasteiger partial charge in [-0.25, -0.2) is 4.79 Å². The Balaban J connectivity index is 4.22. The maximum atomic E-state index is 10.3. The largest absolute Gasteiger partial charge is 0.479 e. The van der Waals surface area contributed by atoms with E-state index in [0.29, 0.717) is 6.42 Å². The molecule has 0 aromatic carbocycles. The van der Waals surface area contributed by atoms with E-state index in [1.54, 1.807) is 6.92 Å². The Morgan fingerprint density at radius 1 is 1.80 bits per heavy atom. The van der Waals surface area contributed by atoms with Gasteiger partial charge in [0.2, 0.25) is 0 Å². The van der Waals surface area contributed by atoms with Gasteiger partial charge in [-0.1, -0.05) is 13.3 Å². The van der Waals surface area contributed by atoms with E-state index >= 15 is 0 Å². The van der Waals surface area contributed by atoms with E-state index in [9.17, 15) is 9.36 Å². The molecule has 0 rings (SSSR count). The maximum Gasteiger partial charge on any atom is 0.335 e. The number of carbonyl (C=O) groups is 1. The summed E-state index contributed by atoms with van der Waals surface area (Å²) in [6, 6.07) is 0. The second kappa shape index (κ2) is 3.64. The highest BCUT2D eigenvalue weighted by Crippen LogP contribution is 2.22. The molecule has 0 radical (unpaired) electrons. The van der Waals surface area contributed by atoms with E-state index in [1.807, 2.05) is 0 Å². The minimum atomic E-state index is -1.57. The second-order valence-electron chi connectivity index (χ2n) is 2.07. The van der Waals surface area contributed by atoms with Crippen LogP contribution in [-0.4, -0.2) is 16.4 Å². The molecule has 0 aromatic heterocycles. The van der Waals surface area contributed by atoms with Crippen LogP contribution in [0.4, 0.5) is 0 Å². The minimum absolute atomic E-state index is 0.230. The third kappa shape index (κ3) is 2.05. The lowest BCUT2D eigenvalue weighted by Gasteiger charge is -2.13. The van der Waals surface area contributed by atoms with Crippen LogP contribution in [0.3, 0.4) is 0 Å². The van der Waals surface area contributed by atoms with Gasteiger partial charge in [-0.2, -0.15) is 0 Å². The van der Waals surface area contributed by atoms with Gasteiger partial charge in [0.05, 0.1) is 0 Å². The number of nitrogens with two attached hydrogens (primary N) is 1. The van der Waals surface area contributed by atoms with E-state index in [1.165, 1.54) is 0 Å². The number of carboxylic acid groups (broad SMARTS) is 1. The van der Waals surface area contributed by atoms with Crippen molar-refractivity contribution in [1.29, 1.82) is 0 Å². The van der Waals surface area contributed by atoms with E-state index in [0.717, 1.165) is 0 Å². The van der Waals surface area contributed by atoms with Crippen molar-refractivity contribution in [1.82, 2.24) is 0 Å². The summed E-state index contributed by atoms with van der Waals surface area (Å²) in [4.78, 5) is 10.3. The summed E-state index contributed by atoms with van der Waals surface area (Å²) in [5.41, 5.74) is 5.23. The number of hydrogen-bond acceptors (Lipinski definition) is 3. The number of hydrogen-bond donors (Lipinski definition) is 2. The number of aliphatic carboxylic acids is 1. The lowest BCUT2D eigenvalue weighted by molar-refractivity contribution is -0.140. The first-order chi connectivity index (χ1) is 4.56. The summed E-state index contributed by atoms with van der Waals surface area (Å²) < 4.78 is 10.2. The van der Waals surface area contributed by atoms with E-state index in [4.69, 9.17) is 10.8 Å². The highest BCUT2D eigenvalue weighted by atomic mass is 31.1. The number of carboxylic acids is 1. The van der Waals surface area contributed by atoms with Gasteiger partial charge in [-0.15, -0.1) is 0 Å². The summed E-state index contributed by atoms with van der Waals surface area (Å²) in [5, 5.41) is 6.86. The van der Waals surface area contributed by atoms with Crippen molar-refractivity contribution in [3.05, 3.63) is 0 Å². The molecule has 5 heteroatoms. The summed E-state index contributed by atoms with van der Waals surface area (Å²) in [6.07, 6.45) is 0.839. The van der Waals surface area contributed by atoms with Crippen LogP contribution in [0.5, 0.6) is 0 Å². The molecule has 10 heavy (non-hydrogen) atoms. The van der Waals surface area contributed by atoms with Crippen LogP contribution in [0, 0.1) is 0 Å². The molecule has 1 atom stereocenters. The molecule has 4 nitrogen and oxygen atoms in total. The van der Waals surface area contributed by atoms with Crippen LogP contribution in [0.15, 0.2) is 0 Å². The Kier molecular flexibility index (Phi) is 3.47. The summed E-state index contributed by atoms with van der Waals surface area (Å²) in [5.74, 6) is -1.22. The molecule has 0 heterocycles. The molecule has 0 fully saturated rings. The lowest BCUT2D eigenvalue weighted by Crippen LogP contribution is -2.41. The molecule has 0 spiro atoms. The molecule has 0 aliphatic heterocycles. The zero-order valence-corrected chi connectivity index (χ0v) is 6.60. The fraction of sp³-hybridized carbons (Fsp3) is 0.800. The molecule has 0 aromatic rings. The molecule has 1 unspecified atom stereocenters. The van der Waals surface area contributed by atoms with Gasteiger partial charge >= 0.3 is 5.97 Å². The zero-order chi connectivity index (χ0) is 8.20. The zero-order valence-electron chi connectivity index (χ0n) is 5.70. The van der Waals surface area contributed by atoms with Crippen molar-refractivity contribution in [2.75, 3.05) is 0 Å². The van der Waals surface area contributed by atoms with Crippen molar-refractivity contribution in [3.8, 4) is 0 Å². The van der Waals surface area contributed by atoms with E-state index in [2.05, 4.69) is 0 Å². The first-order valence-electron chi connectivity index (χ1n) is 2.93. The molecule has 3 N–H and O–H groups in total. The smallest absolute Gasteiger partial charge is 0.335 e. The molecule has 58 valence electrons. The van der Waals surface area contributed by atoms with Crippen molar-refractivity contribution in [2.24, 2.45) is 5.73 Å². The van der Waals surface area contributed by atoms with Crippen molar-refractivity contribution in [2.45, 2.75) is 25.0 Å². The summed E-state index contributed by atoms with van der Waals surface area (Å²) >= 11 is 0. The Morgan fingerprint density at radius 3 is 2.40 bits per heavy atom. The normalized spacial score (nSPS) is 16.6. The fourth-order valence-electron chi connectivity index (χ4n) is 0.573. The van der Waals surface area contributed by atoms with Gasteiger partial charge in [0, 0.05) is 0 Å². The van der Waals surface area contributed by atoms with Crippen LogP contribution >= 0.6 is 8.46 Å². The molecule has 0 amide bonds. The van der Waals surface area contributed by atoms with E-state index < -0.39 is 19.7 Å². The Labute approximate surface area is 60.6 Å². The third-order valence-corrected chi connectivity index (χ3v) is 1.91. The lowest BCUT2D eigenvalue weighted by atomic mass is 10.2. The molecule has 0 saturated carbocycles. The highest BCUT2D eigenvalue weighted by Gasteiger charge is 2.33. The predicted molar refractivity (Wildman–Crippen MR) is 37.1 cm³/mol. The van der Waals surface area contributed by atoms with Crippen LogP contribution in [0.2, 0.25) is 0 Å². The monoisotopic (exact) mass is 163 g/mol. The van der Waals surface area contributed by atoms with Gasteiger partial charge in [-0.05, 0) is 6.42 Å². The minimum Gasteiger partial charge on any atom is -0.479 e. The average molecular weight is 163 g/mol. The standard InChI is InChI=1S/C5H10NO3P/c1-2-3-5(6,10-9)4(7)8/h2-3,6H2,1H3,(H,7,8). The Morgan fingerprint density at radius 2 is 2.30 bits per heavy atom. The fourth-order valence-corrected chi connectivity index (χ4v) is 0.966. The van der Waals surface area contributed by atoms with Crippen LogP contribution < -0.4 is 5.73 Å².